The standard InChI is InChI=1S/C12H11N3O/c13-8-10-2-1-3-12(11(10)9-14)15-4-6-16-7-5-15/h1-3H,4-7H2. The summed E-state index contributed by atoms with van der Waals surface area (Å²) in [5, 5.41) is 18.0. The summed E-state index contributed by atoms with van der Waals surface area (Å²) in [5.41, 5.74) is 1.74. The van der Waals surface area contributed by atoms with Crippen molar-refractivity contribution in [3.8, 4) is 12.1 Å². The summed E-state index contributed by atoms with van der Waals surface area (Å²) in [6.07, 6.45) is 0. The fraction of sp³-hybridized carbons (Fsp3) is 0.333. The van der Waals surface area contributed by atoms with Gasteiger partial charge in [-0.15, -0.1) is 0 Å². The van der Waals surface area contributed by atoms with Gasteiger partial charge in [0, 0.05) is 13.1 Å². The number of ether oxygens (including phenoxy) is 1. The molecule has 16 heavy (non-hydrogen) atoms. The van der Waals surface area contributed by atoms with E-state index in [1.807, 2.05) is 18.2 Å². The number of nitrogens with zero attached hydrogens (tertiary/aromatic N) is 3. The molecule has 1 fully saturated rings. The quantitative estimate of drug-likeness (QED) is 0.704. The summed E-state index contributed by atoms with van der Waals surface area (Å²) >= 11 is 0. The maximum atomic E-state index is 9.10. The van der Waals surface area contributed by atoms with E-state index in [4.69, 9.17) is 15.3 Å². The minimum Gasteiger partial charge on any atom is -0.378 e. The molecule has 1 heterocycles. The van der Waals surface area contributed by atoms with Crippen LogP contribution in [0.4, 0.5) is 5.69 Å². The number of rotatable bonds is 1. The maximum absolute atomic E-state index is 9.10. The third kappa shape index (κ3) is 1.84. The molecule has 1 aliphatic heterocycles. The van der Waals surface area contributed by atoms with E-state index >= 15 is 0 Å². The fourth-order valence-corrected chi connectivity index (χ4v) is 1.82. The molecule has 1 aromatic rings. The van der Waals surface area contributed by atoms with E-state index in [9.17, 15) is 0 Å². The van der Waals surface area contributed by atoms with Gasteiger partial charge in [0.15, 0.2) is 0 Å². The van der Waals surface area contributed by atoms with Crippen LogP contribution < -0.4 is 4.90 Å². The first-order valence-corrected chi connectivity index (χ1v) is 5.12. The lowest BCUT2D eigenvalue weighted by Crippen LogP contribution is -2.36. The van der Waals surface area contributed by atoms with Gasteiger partial charge in [0.1, 0.15) is 12.1 Å². The molecule has 4 nitrogen and oxygen atoms in total. The van der Waals surface area contributed by atoms with Crippen LogP contribution in [0.1, 0.15) is 11.1 Å². The molecule has 0 saturated carbocycles. The Morgan fingerprint density at radius 1 is 1.12 bits per heavy atom. The van der Waals surface area contributed by atoms with Crippen LogP contribution in [-0.2, 0) is 4.74 Å². The van der Waals surface area contributed by atoms with E-state index in [2.05, 4.69) is 11.0 Å². The molecular formula is C12H11N3O. The Morgan fingerprint density at radius 2 is 1.88 bits per heavy atom. The highest BCUT2D eigenvalue weighted by Gasteiger charge is 2.16. The Labute approximate surface area is 94.3 Å². The van der Waals surface area contributed by atoms with E-state index < -0.39 is 0 Å². The van der Waals surface area contributed by atoms with E-state index in [1.54, 1.807) is 6.07 Å². The molecule has 2 rings (SSSR count). The van der Waals surface area contributed by atoms with E-state index in [1.165, 1.54) is 0 Å². The molecule has 0 atom stereocenters. The van der Waals surface area contributed by atoms with Crippen molar-refractivity contribution < 1.29 is 4.74 Å². The van der Waals surface area contributed by atoms with Crippen molar-refractivity contribution in [3.63, 3.8) is 0 Å². The number of nitriles is 2. The van der Waals surface area contributed by atoms with Crippen LogP contribution in [0.25, 0.3) is 0 Å². The van der Waals surface area contributed by atoms with Crippen molar-refractivity contribution in [1.82, 2.24) is 0 Å². The Kier molecular flexibility index (Phi) is 3.05. The summed E-state index contributed by atoms with van der Waals surface area (Å²) in [6, 6.07) is 9.51. The highest BCUT2D eigenvalue weighted by atomic mass is 16.5. The van der Waals surface area contributed by atoms with Crippen LogP contribution in [0.5, 0.6) is 0 Å². The zero-order chi connectivity index (χ0) is 11.4. The van der Waals surface area contributed by atoms with Crippen LogP contribution in [0.2, 0.25) is 0 Å². The molecule has 0 N–H and O–H groups in total. The highest BCUT2D eigenvalue weighted by Crippen LogP contribution is 2.23. The summed E-state index contributed by atoms with van der Waals surface area (Å²) in [5.74, 6) is 0. The molecule has 80 valence electrons. The van der Waals surface area contributed by atoms with Gasteiger partial charge in [-0.2, -0.15) is 10.5 Å². The first-order chi connectivity index (χ1) is 7.86. The van der Waals surface area contributed by atoms with Gasteiger partial charge in [0.2, 0.25) is 0 Å². The number of morpholine rings is 1. The average molecular weight is 213 g/mol. The Bertz CT molecular complexity index is 464. The third-order valence-corrected chi connectivity index (χ3v) is 2.63. The first kappa shape index (κ1) is 10.5. The van der Waals surface area contributed by atoms with Gasteiger partial charge in [-0.05, 0) is 12.1 Å². The minimum atomic E-state index is 0.437. The summed E-state index contributed by atoms with van der Waals surface area (Å²) < 4.78 is 5.26. The van der Waals surface area contributed by atoms with Gasteiger partial charge in [-0.3, -0.25) is 0 Å². The molecule has 0 radical (unpaired) electrons. The van der Waals surface area contributed by atoms with Crippen LogP contribution in [-0.4, -0.2) is 26.3 Å². The average Bonchev–Trinajstić information content (AvgIpc) is 2.38. The van der Waals surface area contributed by atoms with Crippen molar-refractivity contribution in [2.24, 2.45) is 0 Å². The fourth-order valence-electron chi connectivity index (χ4n) is 1.82. The molecule has 0 bridgehead atoms. The smallest absolute Gasteiger partial charge is 0.103 e. The summed E-state index contributed by atoms with van der Waals surface area (Å²) in [7, 11) is 0. The lowest BCUT2D eigenvalue weighted by molar-refractivity contribution is 0.122. The largest absolute Gasteiger partial charge is 0.378 e. The zero-order valence-electron chi connectivity index (χ0n) is 8.81. The Morgan fingerprint density at radius 3 is 2.50 bits per heavy atom. The third-order valence-electron chi connectivity index (χ3n) is 2.63. The molecule has 0 unspecified atom stereocenters. The minimum absolute atomic E-state index is 0.437. The van der Waals surface area contributed by atoms with E-state index in [0.717, 1.165) is 18.8 Å². The second-order valence-corrected chi connectivity index (χ2v) is 3.52. The number of anilines is 1. The normalized spacial score (nSPS) is 15.2. The second-order valence-electron chi connectivity index (χ2n) is 3.52. The molecule has 0 amide bonds. The molecule has 0 spiro atoms. The molecule has 0 aliphatic carbocycles. The number of hydrogen-bond donors (Lipinski definition) is 0. The molecule has 0 aromatic heterocycles. The van der Waals surface area contributed by atoms with E-state index in [0.29, 0.717) is 24.3 Å². The summed E-state index contributed by atoms with van der Waals surface area (Å²) in [4.78, 5) is 2.09. The van der Waals surface area contributed by atoms with Crippen LogP contribution in [0.15, 0.2) is 18.2 Å². The van der Waals surface area contributed by atoms with Crippen molar-refractivity contribution in [2.75, 3.05) is 31.2 Å². The van der Waals surface area contributed by atoms with Gasteiger partial charge >= 0.3 is 0 Å². The Hall–Kier alpha value is -2.04. The first-order valence-electron chi connectivity index (χ1n) is 5.12. The number of benzene rings is 1. The van der Waals surface area contributed by atoms with Gasteiger partial charge in [-0.25, -0.2) is 0 Å². The number of hydrogen-bond acceptors (Lipinski definition) is 4. The Balaban J connectivity index is 2.40. The van der Waals surface area contributed by atoms with Crippen molar-refractivity contribution in [2.45, 2.75) is 0 Å². The lowest BCUT2D eigenvalue weighted by Gasteiger charge is -2.29. The molecule has 1 saturated heterocycles. The monoisotopic (exact) mass is 213 g/mol. The van der Waals surface area contributed by atoms with Gasteiger partial charge in [-0.1, -0.05) is 6.07 Å². The van der Waals surface area contributed by atoms with Gasteiger partial charge in [0.25, 0.3) is 0 Å². The molecule has 1 aliphatic rings. The van der Waals surface area contributed by atoms with Crippen molar-refractivity contribution >= 4 is 5.69 Å². The summed E-state index contributed by atoms with van der Waals surface area (Å²) in [6.45, 7) is 2.87. The zero-order valence-corrected chi connectivity index (χ0v) is 8.81. The lowest BCUT2D eigenvalue weighted by atomic mass is 10.1. The molecule has 1 aromatic carbocycles. The molecular weight excluding hydrogens is 202 g/mol. The van der Waals surface area contributed by atoms with Gasteiger partial charge < -0.3 is 9.64 Å². The second kappa shape index (κ2) is 4.65. The topological polar surface area (TPSA) is 60.1 Å². The predicted octanol–water partition coefficient (Wildman–Crippen LogP) is 1.27. The van der Waals surface area contributed by atoms with Crippen LogP contribution in [0, 0.1) is 22.7 Å². The SMILES string of the molecule is N#Cc1cccc(N2CCOCC2)c1C#N. The predicted molar refractivity (Wildman–Crippen MR) is 58.9 cm³/mol. The van der Waals surface area contributed by atoms with Crippen LogP contribution >= 0.6 is 0 Å². The van der Waals surface area contributed by atoms with Crippen molar-refractivity contribution in [1.29, 1.82) is 10.5 Å². The van der Waals surface area contributed by atoms with Crippen LogP contribution in [0.3, 0.4) is 0 Å². The maximum Gasteiger partial charge on any atom is 0.103 e. The van der Waals surface area contributed by atoms with Gasteiger partial charge in [0.05, 0.1) is 30.0 Å². The van der Waals surface area contributed by atoms with E-state index in [-0.39, 0.29) is 0 Å². The highest BCUT2D eigenvalue weighted by molar-refractivity contribution is 5.65. The molecule has 4 heteroatoms. The van der Waals surface area contributed by atoms with Crippen molar-refractivity contribution in [3.05, 3.63) is 29.3 Å².